The molecular weight excluding hydrogens is 399 g/mol. The van der Waals surface area contributed by atoms with Crippen molar-refractivity contribution in [3.05, 3.63) is 35.4 Å². The molecule has 1 saturated heterocycles. The van der Waals surface area contributed by atoms with Gasteiger partial charge in [0.25, 0.3) is 0 Å². The van der Waals surface area contributed by atoms with Crippen LogP contribution in [0.5, 0.6) is 0 Å². The average molecular weight is 433 g/mol. The van der Waals surface area contributed by atoms with Crippen molar-refractivity contribution in [2.75, 3.05) is 45.8 Å². The number of nitrogens with two attached hydrogens (primary N) is 1. The highest BCUT2D eigenvalue weighted by Crippen LogP contribution is 2.16. The van der Waals surface area contributed by atoms with Crippen molar-refractivity contribution in [2.24, 2.45) is 5.73 Å². The Balaban J connectivity index is 0.00000364. The molecule has 2 rings (SSSR count). The molecule has 0 radical (unpaired) electrons. The van der Waals surface area contributed by atoms with Crippen LogP contribution >= 0.6 is 24.8 Å². The number of amides is 2. The summed E-state index contributed by atoms with van der Waals surface area (Å²) in [6, 6.07) is 7.17. The molecule has 2 amide bonds. The second-order valence-corrected chi connectivity index (χ2v) is 6.91. The lowest BCUT2D eigenvalue weighted by Gasteiger charge is -2.26. The van der Waals surface area contributed by atoms with Crippen LogP contribution in [0.4, 0.5) is 0 Å². The zero-order valence-corrected chi connectivity index (χ0v) is 18.7. The average Bonchev–Trinajstić information content (AvgIpc) is 2.88. The zero-order valence-electron chi connectivity index (χ0n) is 17.1. The quantitative estimate of drug-likeness (QED) is 0.747. The van der Waals surface area contributed by atoms with Crippen molar-refractivity contribution in [3.63, 3.8) is 0 Å². The number of halogens is 2. The highest BCUT2D eigenvalue weighted by atomic mass is 35.5. The number of carbonyl (C=O) groups excluding carboxylic acids is 2. The Morgan fingerprint density at radius 1 is 1.04 bits per heavy atom. The molecule has 0 spiro atoms. The summed E-state index contributed by atoms with van der Waals surface area (Å²) in [6.45, 7) is 10.7. The lowest BCUT2D eigenvalue weighted by atomic mass is 10.0. The number of rotatable bonds is 6. The van der Waals surface area contributed by atoms with Gasteiger partial charge in [0, 0.05) is 39.3 Å². The topological polar surface area (TPSA) is 69.9 Å². The Bertz CT molecular complexity index is 609. The monoisotopic (exact) mass is 432 g/mol. The lowest BCUT2D eigenvalue weighted by Crippen LogP contribution is -2.43. The Morgan fingerprint density at radius 2 is 1.64 bits per heavy atom. The minimum absolute atomic E-state index is 0. The van der Waals surface area contributed by atoms with Crippen LogP contribution in [0.25, 0.3) is 0 Å². The van der Waals surface area contributed by atoms with E-state index >= 15 is 0 Å². The van der Waals surface area contributed by atoms with Gasteiger partial charge in [-0.05, 0) is 32.8 Å². The maximum Gasteiger partial charge on any atom is 0.244 e. The van der Waals surface area contributed by atoms with Gasteiger partial charge in [-0.2, -0.15) is 0 Å². The van der Waals surface area contributed by atoms with Crippen LogP contribution in [0.3, 0.4) is 0 Å². The fourth-order valence-electron chi connectivity index (χ4n) is 3.33. The molecule has 0 saturated carbocycles. The van der Waals surface area contributed by atoms with Crippen LogP contribution < -0.4 is 5.73 Å². The third kappa shape index (κ3) is 7.24. The molecule has 1 fully saturated rings. The molecule has 0 bridgehead atoms. The number of benzene rings is 1. The normalized spacial score (nSPS) is 15.6. The molecule has 2 N–H and O–H groups in total. The van der Waals surface area contributed by atoms with Gasteiger partial charge in [0.05, 0.1) is 6.54 Å². The highest BCUT2D eigenvalue weighted by Gasteiger charge is 2.25. The first-order valence-corrected chi connectivity index (χ1v) is 9.57. The summed E-state index contributed by atoms with van der Waals surface area (Å²) in [6.07, 6.45) is 0.859. The smallest absolute Gasteiger partial charge is 0.244 e. The number of likely N-dealkylation sites (N-methyl/N-ethyl adjacent to an activating group) is 1. The minimum atomic E-state index is -0.626. The summed E-state index contributed by atoms with van der Waals surface area (Å²) < 4.78 is 0. The summed E-state index contributed by atoms with van der Waals surface area (Å²) >= 11 is 0. The van der Waals surface area contributed by atoms with Crippen LogP contribution in [0.1, 0.15) is 37.4 Å². The maximum absolute atomic E-state index is 12.8. The molecule has 1 aliphatic heterocycles. The van der Waals surface area contributed by atoms with Gasteiger partial charge >= 0.3 is 0 Å². The van der Waals surface area contributed by atoms with Gasteiger partial charge in [-0.15, -0.1) is 24.8 Å². The van der Waals surface area contributed by atoms with E-state index in [1.165, 1.54) is 0 Å². The maximum atomic E-state index is 12.8. The molecule has 1 aromatic carbocycles. The molecule has 6 nitrogen and oxygen atoms in total. The van der Waals surface area contributed by atoms with Crippen molar-refractivity contribution in [2.45, 2.75) is 33.2 Å². The van der Waals surface area contributed by atoms with E-state index in [2.05, 4.69) is 4.90 Å². The molecular formula is C20H34Cl2N4O2. The first-order chi connectivity index (χ1) is 12.5. The van der Waals surface area contributed by atoms with Gasteiger partial charge < -0.3 is 15.5 Å². The van der Waals surface area contributed by atoms with Crippen molar-refractivity contribution in [3.8, 4) is 0 Å². The second-order valence-electron chi connectivity index (χ2n) is 6.91. The number of aryl methyl sites for hydroxylation is 1. The molecule has 8 heteroatoms. The Hall–Kier alpha value is -1.34. The second kappa shape index (κ2) is 13.0. The van der Waals surface area contributed by atoms with Crippen LogP contribution in [0.15, 0.2) is 24.3 Å². The third-order valence-corrected chi connectivity index (χ3v) is 5.08. The predicted molar refractivity (Wildman–Crippen MR) is 118 cm³/mol. The first-order valence-electron chi connectivity index (χ1n) is 9.57. The third-order valence-electron chi connectivity index (χ3n) is 5.08. The summed E-state index contributed by atoms with van der Waals surface area (Å²) in [7, 11) is 0. The van der Waals surface area contributed by atoms with Crippen LogP contribution in [0, 0.1) is 6.92 Å². The fourth-order valence-corrected chi connectivity index (χ4v) is 3.33. The largest absolute Gasteiger partial charge is 0.342 e. The zero-order chi connectivity index (χ0) is 19.1. The van der Waals surface area contributed by atoms with E-state index in [9.17, 15) is 9.59 Å². The van der Waals surface area contributed by atoms with E-state index in [-0.39, 0.29) is 36.6 Å². The molecule has 1 aliphatic rings. The molecule has 1 atom stereocenters. The molecule has 160 valence electrons. The van der Waals surface area contributed by atoms with E-state index in [0.29, 0.717) is 26.2 Å². The van der Waals surface area contributed by atoms with E-state index < -0.39 is 6.04 Å². The Morgan fingerprint density at radius 3 is 2.21 bits per heavy atom. The Labute approximate surface area is 181 Å². The number of carbonyl (C=O) groups is 2. The highest BCUT2D eigenvalue weighted by molar-refractivity contribution is 5.85. The van der Waals surface area contributed by atoms with Gasteiger partial charge in [0.2, 0.25) is 11.8 Å². The first kappa shape index (κ1) is 26.7. The summed E-state index contributed by atoms with van der Waals surface area (Å²) in [5, 5.41) is 0. The fraction of sp³-hybridized carbons (Fsp3) is 0.600. The minimum Gasteiger partial charge on any atom is -0.342 e. The van der Waals surface area contributed by atoms with Gasteiger partial charge in [-0.25, -0.2) is 0 Å². The van der Waals surface area contributed by atoms with Crippen molar-refractivity contribution >= 4 is 36.6 Å². The van der Waals surface area contributed by atoms with E-state index in [1.807, 2.05) is 54.8 Å². The molecule has 1 heterocycles. The summed E-state index contributed by atoms with van der Waals surface area (Å²) in [4.78, 5) is 30.9. The number of nitrogens with zero attached hydrogens (tertiary/aromatic N) is 3. The standard InChI is InChI=1S/C20H32N4O2.2ClH/c1-4-23(5-2)18(25)15-22-11-6-12-24(14-13-22)20(26)19(21)17-9-7-16(3)8-10-17;;/h7-10,19H,4-6,11-15,21H2,1-3H3;2*1H. The number of hydrogen-bond acceptors (Lipinski definition) is 4. The van der Waals surface area contributed by atoms with Crippen molar-refractivity contribution < 1.29 is 9.59 Å². The molecule has 1 aromatic rings. The van der Waals surface area contributed by atoms with Crippen molar-refractivity contribution in [1.82, 2.24) is 14.7 Å². The van der Waals surface area contributed by atoms with Gasteiger partial charge in [0.1, 0.15) is 6.04 Å². The summed E-state index contributed by atoms with van der Waals surface area (Å²) in [5.74, 6) is 0.122. The van der Waals surface area contributed by atoms with Crippen LogP contribution in [0.2, 0.25) is 0 Å². The van der Waals surface area contributed by atoms with Crippen LogP contribution in [-0.2, 0) is 9.59 Å². The lowest BCUT2D eigenvalue weighted by molar-refractivity contribution is -0.132. The molecule has 0 aliphatic carbocycles. The van der Waals surface area contributed by atoms with E-state index in [0.717, 1.165) is 37.2 Å². The van der Waals surface area contributed by atoms with E-state index in [4.69, 9.17) is 5.73 Å². The SMILES string of the molecule is CCN(CC)C(=O)CN1CCCN(C(=O)C(N)c2ccc(C)cc2)CC1.Cl.Cl. The van der Waals surface area contributed by atoms with Crippen molar-refractivity contribution in [1.29, 1.82) is 0 Å². The summed E-state index contributed by atoms with van der Waals surface area (Å²) in [5.41, 5.74) is 8.19. The van der Waals surface area contributed by atoms with E-state index in [1.54, 1.807) is 0 Å². The predicted octanol–water partition coefficient (Wildman–Crippen LogP) is 2.24. The van der Waals surface area contributed by atoms with Gasteiger partial charge in [-0.1, -0.05) is 29.8 Å². The molecule has 0 aromatic heterocycles. The van der Waals surface area contributed by atoms with Gasteiger partial charge in [0.15, 0.2) is 0 Å². The molecule has 28 heavy (non-hydrogen) atoms. The van der Waals surface area contributed by atoms with Gasteiger partial charge in [-0.3, -0.25) is 14.5 Å². The molecule has 1 unspecified atom stereocenters. The van der Waals surface area contributed by atoms with Crippen LogP contribution in [-0.4, -0.2) is 72.3 Å². The number of hydrogen-bond donors (Lipinski definition) is 1. The Kier molecular flexibility index (Phi) is 12.4.